The summed E-state index contributed by atoms with van der Waals surface area (Å²) in [5.41, 5.74) is 0. The van der Waals surface area contributed by atoms with E-state index in [9.17, 15) is 12.8 Å². The molecule has 0 aromatic heterocycles. The highest BCUT2D eigenvalue weighted by molar-refractivity contribution is 7.89. The van der Waals surface area contributed by atoms with Crippen molar-refractivity contribution in [1.29, 1.82) is 0 Å². The highest BCUT2D eigenvalue weighted by Crippen LogP contribution is 2.33. The average Bonchev–Trinajstić information content (AvgIpc) is 2.47. The van der Waals surface area contributed by atoms with Gasteiger partial charge in [0.2, 0.25) is 10.0 Å². The van der Waals surface area contributed by atoms with E-state index in [0.29, 0.717) is 26.2 Å². The maximum absolute atomic E-state index is 14.0. The molecule has 1 aromatic carbocycles. The van der Waals surface area contributed by atoms with Crippen molar-refractivity contribution >= 4 is 22.4 Å². The van der Waals surface area contributed by atoms with E-state index in [0.717, 1.165) is 12.1 Å². The topological polar surface area (TPSA) is 67.9 Å². The zero-order valence-corrected chi connectivity index (χ0v) is 13.4. The first-order valence-corrected chi connectivity index (χ1v) is 7.57. The summed E-state index contributed by atoms with van der Waals surface area (Å²) in [6.07, 6.45) is 0. The maximum Gasteiger partial charge on any atom is 0.246 e. The smallest absolute Gasteiger partial charge is 0.246 e. The number of methoxy groups -OCH3 is 2. The van der Waals surface area contributed by atoms with Gasteiger partial charge in [-0.3, -0.25) is 0 Å². The molecule has 0 unspecified atom stereocenters. The molecule has 120 valence electrons. The van der Waals surface area contributed by atoms with Gasteiger partial charge in [0.1, 0.15) is 10.7 Å². The van der Waals surface area contributed by atoms with Gasteiger partial charge in [0.05, 0.1) is 14.2 Å². The van der Waals surface area contributed by atoms with Gasteiger partial charge < -0.3 is 14.8 Å². The van der Waals surface area contributed by atoms with Crippen LogP contribution >= 0.6 is 12.4 Å². The molecule has 6 nitrogen and oxygen atoms in total. The van der Waals surface area contributed by atoms with Crippen LogP contribution in [0.5, 0.6) is 11.5 Å². The van der Waals surface area contributed by atoms with Gasteiger partial charge in [0, 0.05) is 38.3 Å². The lowest BCUT2D eigenvalue weighted by atomic mass is 10.3. The molecule has 1 aliphatic heterocycles. The SMILES string of the molecule is COc1cc(F)c(S(=O)(=O)N2CCNCC2)cc1OC.Cl. The molecule has 0 saturated carbocycles. The number of nitrogens with one attached hydrogen (secondary N) is 1. The third-order valence-corrected chi connectivity index (χ3v) is 5.05. The van der Waals surface area contributed by atoms with Crippen molar-refractivity contribution in [2.75, 3.05) is 40.4 Å². The van der Waals surface area contributed by atoms with Gasteiger partial charge in [-0.15, -0.1) is 12.4 Å². The third kappa shape index (κ3) is 3.57. The number of hydrogen-bond acceptors (Lipinski definition) is 5. The first-order valence-electron chi connectivity index (χ1n) is 6.13. The zero-order valence-electron chi connectivity index (χ0n) is 11.8. The molecule has 0 radical (unpaired) electrons. The van der Waals surface area contributed by atoms with Crippen molar-refractivity contribution in [3.8, 4) is 11.5 Å². The summed E-state index contributed by atoms with van der Waals surface area (Å²) in [6.45, 7) is 1.73. The van der Waals surface area contributed by atoms with Crippen LogP contribution in [0, 0.1) is 5.82 Å². The number of piperazine rings is 1. The summed E-state index contributed by atoms with van der Waals surface area (Å²) in [6, 6.07) is 2.18. The minimum atomic E-state index is -3.87. The summed E-state index contributed by atoms with van der Waals surface area (Å²) >= 11 is 0. The fourth-order valence-corrected chi connectivity index (χ4v) is 3.56. The molecule has 9 heteroatoms. The van der Waals surface area contributed by atoms with Crippen molar-refractivity contribution in [2.24, 2.45) is 0 Å². The van der Waals surface area contributed by atoms with Gasteiger partial charge in [0.15, 0.2) is 11.5 Å². The van der Waals surface area contributed by atoms with Crippen LogP contribution < -0.4 is 14.8 Å². The van der Waals surface area contributed by atoms with Crippen LogP contribution in [0.1, 0.15) is 0 Å². The van der Waals surface area contributed by atoms with Crippen LogP contribution in [0.2, 0.25) is 0 Å². The second-order valence-corrected chi connectivity index (χ2v) is 6.20. The molecule has 1 aromatic rings. The molecule has 0 atom stereocenters. The van der Waals surface area contributed by atoms with E-state index >= 15 is 0 Å². The Morgan fingerprint density at radius 2 is 1.67 bits per heavy atom. The standard InChI is InChI=1S/C12H17FN2O4S.ClH/c1-18-10-7-9(13)12(8-11(10)19-2)20(16,17)15-5-3-14-4-6-15;/h7-8,14H,3-6H2,1-2H3;1H. The highest BCUT2D eigenvalue weighted by Gasteiger charge is 2.30. The fraction of sp³-hybridized carbons (Fsp3) is 0.500. The van der Waals surface area contributed by atoms with Gasteiger partial charge >= 0.3 is 0 Å². The van der Waals surface area contributed by atoms with Crippen molar-refractivity contribution in [2.45, 2.75) is 4.90 Å². The maximum atomic E-state index is 14.0. The lowest BCUT2D eigenvalue weighted by Gasteiger charge is -2.27. The predicted molar refractivity (Wildman–Crippen MR) is 78.4 cm³/mol. The number of ether oxygens (including phenoxy) is 2. The molecule has 0 aliphatic carbocycles. The molecule has 1 heterocycles. The van der Waals surface area contributed by atoms with Crippen molar-refractivity contribution in [3.63, 3.8) is 0 Å². The van der Waals surface area contributed by atoms with E-state index in [4.69, 9.17) is 9.47 Å². The number of sulfonamides is 1. The number of benzene rings is 1. The Bertz CT molecular complexity index is 591. The van der Waals surface area contributed by atoms with E-state index in [1.54, 1.807) is 0 Å². The van der Waals surface area contributed by atoms with Crippen LogP contribution in [0.25, 0.3) is 0 Å². The van der Waals surface area contributed by atoms with E-state index in [1.807, 2.05) is 0 Å². The van der Waals surface area contributed by atoms with Gasteiger partial charge in [-0.1, -0.05) is 0 Å². The van der Waals surface area contributed by atoms with Gasteiger partial charge in [-0.2, -0.15) is 4.31 Å². The molecular weight excluding hydrogens is 323 g/mol. The number of halogens is 2. The molecule has 0 amide bonds. The van der Waals surface area contributed by atoms with E-state index in [1.165, 1.54) is 18.5 Å². The highest BCUT2D eigenvalue weighted by atomic mass is 35.5. The molecule has 1 N–H and O–H groups in total. The molecule has 1 fully saturated rings. The monoisotopic (exact) mass is 340 g/mol. The Labute approximate surface area is 129 Å². The van der Waals surface area contributed by atoms with Gasteiger partial charge in [-0.05, 0) is 0 Å². The van der Waals surface area contributed by atoms with Crippen LogP contribution in [0.3, 0.4) is 0 Å². The first-order chi connectivity index (χ1) is 9.50. The zero-order chi connectivity index (χ0) is 14.8. The Balaban J connectivity index is 0.00000220. The van der Waals surface area contributed by atoms with Crippen LogP contribution in [-0.2, 0) is 10.0 Å². The van der Waals surface area contributed by atoms with E-state index < -0.39 is 20.7 Å². The quantitative estimate of drug-likeness (QED) is 0.880. The average molecular weight is 341 g/mol. The molecule has 2 rings (SSSR count). The van der Waals surface area contributed by atoms with E-state index in [-0.39, 0.29) is 23.9 Å². The van der Waals surface area contributed by atoms with Gasteiger partial charge in [-0.25, -0.2) is 12.8 Å². The second-order valence-electron chi connectivity index (χ2n) is 4.29. The number of rotatable bonds is 4. The van der Waals surface area contributed by atoms with Gasteiger partial charge in [0.25, 0.3) is 0 Å². The van der Waals surface area contributed by atoms with Crippen molar-refractivity contribution < 1.29 is 22.3 Å². The summed E-state index contributed by atoms with van der Waals surface area (Å²) in [5, 5.41) is 3.05. The summed E-state index contributed by atoms with van der Waals surface area (Å²) < 4.78 is 50.2. The second kappa shape index (κ2) is 7.26. The predicted octanol–water partition coefficient (Wildman–Crippen LogP) is 0.859. The third-order valence-electron chi connectivity index (χ3n) is 3.13. The number of nitrogens with zero attached hydrogens (tertiary/aromatic N) is 1. The van der Waals surface area contributed by atoms with E-state index in [2.05, 4.69) is 5.32 Å². The Morgan fingerprint density at radius 3 is 2.19 bits per heavy atom. The van der Waals surface area contributed by atoms with Crippen molar-refractivity contribution in [1.82, 2.24) is 9.62 Å². The molecular formula is C12H18ClFN2O4S. The summed E-state index contributed by atoms with van der Waals surface area (Å²) in [7, 11) is -1.13. The minimum Gasteiger partial charge on any atom is -0.493 e. The van der Waals surface area contributed by atoms with Crippen LogP contribution in [-0.4, -0.2) is 53.1 Å². The fourth-order valence-electron chi connectivity index (χ4n) is 2.06. The summed E-state index contributed by atoms with van der Waals surface area (Å²) in [4.78, 5) is -0.392. The lowest BCUT2D eigenvalue weighted by molar-refractivity contribution is 0.345. The Hall–Kier alpha value is -1.09. The Kier molecular flexibility index (Phi) is 6.21. The Morgan fingerprint density at radius 1 is 1.14 bits per heavy atom. The minimum absolute atomic E-state index is 0. The molecule has 21 heavy (non-hydrogen) atoms. The molecule has 1 saturated heterocycles. The van der Waals surface area contributed by atoms with Crippen molar-refractivity contribution in [3.05, 3.63) is 17.9 Å². The number of hydrogen-bond donors (Lipinski definition) is 1. The lowest BCUT2D eigenvalue weighted by Crippen LogP contribution is -2.46. The molecule has 0 bridgehead atoms. The molecule has 0 spiro atoms. The van der Waals surface area contributed by atoms with Crippen LogP contribution in [0.4, 0.5) is 4.39 Å². The normalized spacial score (nSPS) is 16.1. The molecule has 1 aliphatic rings. The first kappa shape index (κ1) is 18.0. The van der Waals surface area contributed by atoms with Crippen LogP contribution in [0.15, 0.2) is 17.0 Å². The largest absolute Gasteiger partial charge is 0.493 e. The summed E-state index contributed by atoms with van der Waals surface area (Å²) in [5.74, 6) is -0.506.